The molecule has 1 amide bonds. The highest BCUT2D eigenvalue weighted by molar-refractivity contribution is 5.98. The lowest BCUT2D eigenvalue weighted by atomic mass is 10.1. The molecule has 1 N–H and O–H groups in total. The molecule has 0 aliphatic heterocycles. The van der Waals surface area contributed by atoms with Crippen molar-refractivity contribution >= 4 is 5.91 Å². The minimum Gasteiger partial charge on any atom is -0.459 e. The zero-order valence-electron chi connectivity index (χ0n) is 12.0. The number of amides is 1. The first-order valence-corrected chi connectivity index (χ1v) is 6.80. The molecule has 1 heterocycles. The summed E-state index contributed by atoms with van der Waals surface area (Å²) in [7, 11) is 1.57. The molecule has 2 rings (SSSR count). The Morgan fingerprint density at radius 2 is 2.00 bits per heavy atom. The van der Waals surface area contributed by atoms with Crippen molar-refractivity contribution in [1.29, 1.82) is 0 Å². The topological polar surface area (TPSA) is 62.9 Å². The molecular weight excluding hydrogens is 270 g/mol. The van der Waals surface area contributed by atoms with E-state index < -0.39 is 0 Å². The first-order chi connectivity index (χ1) is 10.3. The Labute approximate surface area is 123 Å². The lowest BCUT2D eigenvalue weighted by Gasteiger charge is -2.20. The van der Waals surface area contributed by atoms with Crippen molar-refractivity contribution in [2.75, 3.05) is 33.4 Å². The number of methoxy groups -OCH3 is 1. The van der Waals surface area contributed by atoms with E-state index in [1.54, 1.807) is 13.2 Å². The summed E-state index contributed by atoms with van der Waals surface area (Å²) in [6, 6.07) is 11.4. The fourth-order valence-electron chi connectivity index (χ4n) is 2.10. The van der Waals surface area contributed by atoms with E-state index in [-0.39, 0.29) is 24.8 Å². The smallest absolute Gasteiger partial charge is 0.290 e. The molecule has 112 valence electrons. The SMILES string of the molecule is COCCN(CCO)C(=O)c1occc1-c1ccccc1. The maximum atomic E-state index is 12.6. The van der Waals surface area contributed by atoms with Gasteiger partial charge >= 0.3 is 0 Å². The molecule has 1 aromatic carbocycles. The summed E-state index contributed by atoms with van der Waals surface area (Å²) in [6.45, 7) is 0.964. The van der Waals surface area contributed by atoms with Gasteiger partial charge in [-0.2, -0.15) is 0 Å². The van der Waals surface area contributed by atoms with Gasteiger partial charge < -0.3 is 19.2 Å². The number of carbonyl (C=O) groups is 1. The van der Waals surface area contributed by atoms with Crippen LogP contribution in [0.1, 0.15) is 10.6 Å². The lowest BCUT2D eigenvalue weighted by molar-refractivity contribution is 0.0627. The highest BCUT2D eigenvalue weighted by Crippen LogP contribution is 2.25. The molecule has 0 aliphatic rings. The summed E-state index contributed by atoms with van der Waals surface area (Å²) in [5, 5.41) is 9.10. The van der Waals surface area contributed by atoms with E-state index in [4.69, 9.17) is 14.3 Å². The first-order valence-electron chi connectivity index (χ1n) is 6.80. The molecular formula is C16H19NO4. The number of nitrogens with zero attached hydrogens (tertiary/aromatic N) is 1. The highest BCUT2D eigenvalue weighted by Gasteiger charge is 2.22. The molecule has 5 nitrogen and oxygen atoms in total. The van der Waals surface area contributed by atoms with Gasteiger partial charge in [-0.05, 0) is 11.6 Å². The summed E-state index contributed by atoms with van der Waals surface area (Å²) >= 11 is 0. The molecule has 0 atom stereocenters. The minimum atomic E-state index is -0.245. The number of rotatable bonds is 7. The largest absolute Gasteiger partial charge is 0.459 e. The van der Waals surface area contributed by atoms with Gasteiger partial charge in [0.1, 0.15) is 0 Å². The van der Waals surface area contributed by atoms with Crippen LogP contribution in [-0.4, -0.2) is 49.3 Å². The second-order valence-electron chi connectivity index (χ2n) is 4.54. The van der Waals surface area contributed by atoms with Crippen molar-refractivity contribution in [3.63, 3.8) is 0 Å². The van der Waals surface area contributed by atoms with E-state index >= 15 is 0 Å². The third-order valence-corrected chi connectivity index (χ3v) is 3.17. The van der Waals surface area contributed by atoms with Crippen LogP contribution in [0.5, 0.6) is 0 Å². The Morgan fingerprint density at radius 1 is 1.24 bits per heavy atom. The van der Waals surface area contributed by atoms with Crippen LogP contribution in [0.2, 0.25) is 0 Å². The van der Waals surface area contributed by atoms with Gasteiger partial charge in [0.05, 0.1) is 19.5 Å². The van der Waals surface area contributed by atoms with Gasteiger partial charge in [0.25, 0.3) is 5.91 Å². The zero-order valence-corrected chi connectivity index (χ0v) is 12.0. The summed E-state index contributed by atoms with van der Waals surface area (Å²) in [5.74, 6) is 0.0377. The second kappa shape index (κ2) is 7.61. The van der Waals surface area contributed by atoms with Crippen LogP contribution in [-0.2, 0) is 4.74 Å². The van der Waals surface area contributed by atoms with Crippen molar-refractivity contribution in [3.8, 4) is 11.1 Å². The molecule has 0 radical (unpaired) electrons. The van der Waals surface area contributed by atoms with Crippen LogP contribution in [0, 0.1) is 0 Å². The third kappa shape index (κ3) is 3.71. The molecule has 21 heavy (non-hydrogen) atoms. The Kier molecular flexibility index (Phi) is 5.54. The fraction of sp³-hybridized carbons (Fsp3) is 0.312. The Morgan fingerprint density at radius 3 is 2.67 bits per heavy atom. The normalized spacial score (nSPS) is 10.6. The second-order valence-corrected chi connectivity index (χ2v) is 4.54. The average molecular weight is 289 g/mol. The van der Waals surface area contributed by atoms with E-state index in [0.29, 0.717) is 13.2 Å². The van der Waals surface area contributed by atoms with E-state index in [0.717, 1.165) is 11.1 Å². The number of carbonyl (C=O) groups excluding carboxylic acids is 1. The summed E-state index contributed by atoms with van der Waals surface area (Å²) in [5.41, 5.74) is 1.67. The van der Waals surface area contributed by atoms with Crippen molar-refractivity contribution in [3.05, 3.63) is 48.4 Å². The van der Waals surface area contributed by atoms with Crippen molar-refractivity contribution in [1.82, 2.24) is 4.90 Å². The Bertz CT molecular complexity index is 565. The monoisotopic (exact) mass is 289 g/mol. The summed E-state index contributed by atoms with van der Waals surface area (Å²) in [4.78, 5) is 14.1. The summed E-state index contributed by atoms with van der Waals surface area (Å²) < 4.78 is 10.4. The van der Waals surface area contributed by atoms with Crippen molar-refractivity contribution in [2.45, 2.75) is 0 Å². The number of aliphatic hydroxyl groups excluding tert-OH is 1. The van der Waals surface area contributed by atoms with Crippen LogP contribution in [0.15, 0.2) is 47.1 Å². The molecule has 0 aliphatic carbocycles. The highest BCUT2D eigenvalue weighted by atomic mass is 16.5. The van der Waals surface area contributed by atoms with E-state index in [2.05, 4.69) is 0 Å². The van der Waals surface area contributed by atoms with Gasteiger partial charge in [-0.3, -0.25) is 4.79 Å². The van der Waals surface area contributed by atoms with E-state index in [9.17, 15) is 4.79 Å². The van der Waals surface area contributed by atoms with Crippen LogP contribution >= 0.6 is 0 Å². The molecule has 0 saturated carbocycles. The maximum absolute atomic E-state index is 12.6. The molecule has 2 aromatic rings. The number of benzene rings is 1. The number of aliphatic hydroxyl groups is 1. The van der Waals surface area contributed by atoms with Crippen LogP contribution in [0.4, 0.5) is 0 Å². The van der Waals surface area contributed by atoms with Crippen molar-refractivity contribution in [2.24, 2.45) is 0 Å². The van der Waals surface area contributed by atoms with Crippen LogP contribution < -0.4 is 0 Å². The van der Waals surface area contributed by atoms with Crippen LogP contribution in [0.3, 0.4) is 0 Å². The maximum Gasteiger partial charge on any atom is 0.290 e. The third-order valence-electron chi connectivity index (χ3n) is 3.17. The number of hydrogen-bond donors (Lipinski definition) is 1. The van der Waals surface area contributed by atoms with Gasteiger partial charge in [-0.25, -0.2) is 0 Å². The lowest BCUT2D eigenvalue weighted by Crippen LogP contribution is -2.36. The molecule has 1 aromatic heterocycles. The fourth-order valence-corrected chi connectivity index (χ4v) is 2.10. The Hall–Kier alpha value is -2.11. The molecule has 0 fully saturated rings. The number of hydrogen-bond acceptors (Lipinski definition) is 4. The van der Waals surface area contributed by atoms with Gasteiger partial charge in [0.15, 0.2) is 5.76 Å². The standard InChI is InChI=1S/C16H19NO4/c1-20-12-9-17(8-10-18)16(19)15-14(7-11-21-15)13-5-3-2-4-6-13/h2-7,11,18H,8-10,12H2,1H3. The zero-order chi connectivity index (χ0) is 15.1. The van der Waals surface area contributed by atoms with E-state index in [1.807, 2.05) is 30.3 Å². The Balaban J connectivity index is 2.24. The number of ether oxygens (including phenoxy) is 1. The average Bonchev–Trinajstić information content (AvgIpc) is 3.01. The number of furan rings is 1. The molecule has 0 bridgehead atoms. The predicted octanol–water partition coefficient (Wildman–Crippen LogP) is 2.03. The molecule has 0 unspecified atom stereocenters. The quantitative estimate of drug-likeness (QED) is 0.847. The van der Waals surface area contributed by atoms with Crippen molar-refractivity contribution < 1.29 is 19.1 Å². The van der Waals surface area contributed by atoms with E-state index in [1.165, 1.54) is 11.2 Å². The molecule has 0 saturated heterocycles. The van der Waals surface area contributed by atoms with Gasteiger partial charge in [-0.15, -0.1) is 0 Å². The van der Waals surface area contributed by atoms with Gasteiger partial charge in [-0.1, -0.05) is 30.3 Å². The molecule has 0 spiro atoms. The van der Waals surface area contributed by atoms with Gasteiger partial charge in [0.2, 0.25) is 0 Å². The van der Waals surface area contributed by atoms with Gasteiger partial charge in [0, 0.05) is 25.8 Å². The molecule has 5 heteroatoms. The first kappa shape index (κ1) is 15.3. The summed E-state index contributed by atoms with van der Waals surface area (Å²) in [6.07, 6.45) is 1.50. The van der Waals surface area contributed by atoms with Crippen LogP contribution in [0.25, 0.3) is 11.1 Å². The predicted molar refractivity (Wildman–Crippen MR) is 79.0 cm³/mol. The minimum absolute atomic E-state index is 0.100.